The quantitative estimate of drug-likeness (QED) is 0.886. The maximum absolute atomic E-state index is 13.1. The summed E-state index contributed by atoms with van der Waals surface area (Å²) >= 11 is 0. The molecule has 1 aromatic rings. The van der Waals surface area contributed by atoms with Gasteiger partial charge in [0.1, 0.15) is 6.04 Å². The highest BCUT2D eigenvalue weighted by Gasteiger charge is 2.37. The van der Waals surface area contributed by atoms with Gasteiger partial charge in [0.2, 0.25) is 5.91 Å². The predicted octanol–water partition coefficient (Wildman–Crippen LogP) is 2.28. The van der Waals surface area contributed by atoms with E-state index >= 15 is 0 Å². The molecule has 3 atom stereocenters. The first-order valence-corrected chi connectivity index (χ1v) is 8.96. The van der Waals surface area contributed by atoms with Gasteiger partial charge in [0.25, 0.3) is 5.91 Å². The Kier molecular flexibility index (Phi) is 6.90. The van der Waals surface area contributed by atoms with Crippen molar-refractivity contribution in [3.05, 3.63) is 24.2 Å². The first kappa shape index (κ1) is 19.8. The minimum absolute atomic E-state index is 0. The van der Waals surface area contributed by atoms with E-state index in [0.29, 0.717) is 24.8 Å². The number of piperidine rings is 2. The summed E-state index contributed by atoms with van der Waals surface area (Å²) in [6.07, 6.45) is 6.18. The van der Waals surface area contributed by atoms with Crippen molar-refractivity contribution >= 4 is 24.2 Å². The lowest BCUT2D eigenvalue weighted by Gasteiger charge is -2.40. The molecule has 2 saturated heterocycles. The van der Waals surface area contributed by atoms with Crippen LogP contribution in [0, 0.1) is 5.92 Å². The molecule has 2 fully saturated rings. The van der Waals surface area contributed by atoms with Gasteiger partial charge in [-0.2, -0.15) is 0 Å². The zero-order valence-corrected chi connectivity index (χ0v) is 15.5. The van der Waals surface area contributed by atoms with Crippen molar-refractivity contribution in [3.8, 4) is 0 Å². The summed E-state index contributed by atoms with van der Waals surface area (Å²) in [5.74, 6) is 0.543. The standard InChI is InChI=1S/C18H27N3O3.ClH/c1-13(19)14-6-4-9-20(12-14)17(22)15-7-2-3-10-21(15)18(23)16-8-5-11-24-16;/h5,8,11,13-15H,2-4,6-7,9-10,12,19H2,1H3;1H. The molecule has 0 aliphatic carbocycles. The molecule has 1 aromatic heterocycles. The van der Waals surface area contributed by atoms with E-state index < -0.39 is 0 Å². The van der Waals surface area contributed by atoms with E-state index in [9.17, 15) is 9.59 Å². The summed E-state index contributed by atoms with van der Waals surface area (Å²) in [6.45, 7) is 4.09. The molecule has 3 heterocycles. The van der Waals surface area contributed by atoms with Crippen LogP contribution in [-0.4, -0.2) is 53.3 Å². The van der Waals surface area contributed by atoms with Crippen molar-refractivity contribution in [3.63, 3.8) is 0 Å². The van der Waals surface area contributed by atoms with Crippen LogP contribution in [0.25, 0.3) is 0 Å². The smallest absolute Gasteiger partial charge is 0.290 e. The van der Waals surface area contributed by atoms with Gasteiger partial charge in [-0.3, -0.25) is 9.59 Å². The largest absolute Gasteiger partial charge is 0.459 e. The van der Waals surface area contributed by atoms with E-state index in [4.69, 9.17) is 10.2 Å². The van der Waals surface area contributed by atoms with Crippen LogP contribution >= 0.6 is 12.4 Å². The SMILES string of the molecule is CC(N)C1CCCN(C(=O)C2CCCCN2C(=O)c2ccco2)C1.Cl. The first-order valence-electron chi connectivity index (χ1n) is 8.96. The summed E-state index contributed by atoms with van der Waals surface area (Å²) in [5.41, 5.74) is 6.03. The van der Waals surface area contributed by atoms with Gasteiger partial charge < -0.3 is 20.0 Å². The second-order valence-electron chi connectivity index (χ2n) is 7.03. The van der Waals surface area contributed by atoms with E-state index in [1.807, 2.05) is 11.8 Å². The van der Waals surface area contributed by atoms with Crippen molar-refractivity contribution < 1.29 is 14.0 Å². The summed E-state index contributed by atoms with van der Waals surface area (Å²) in [4.78, 5) is 29.3. The summed E-state index contributed by atoms with van der Waals surface area (Å²) < 4.78 is 5.24. The van der Waals surface area contributed by atoms with Crippen LogP contribution in [0.2, 0.25) is 0 Å². The number of carbonyl (C=O) groups excluding carboxylic acids is 2. The molecule has 25 heavy (non-hydrogen) atoms. The lowest BCUT2D eigenvalue weighted by molar-refractivity contribution is -0.139. The minimum Gasteiger partial charge on any atom is -0.459 e. The lowest BCUT2D eigenvalue weighted by atomic mass is 9.91. The molecule has 0 spiro atoms. The number of likely N-dealkylation sites (tertiary alicyclic amines) is 2. The molecule has 2 aliphatic heterocycles. The highest BCUT2D eigenvalue weighted by atomic mass is 35.5. The van der Waals surface area contributed by atoms with Gasteiger partial charge in [-0.05, 0) is 57.1 Å². The average molecular weight is 370 g/mol. The highest BCUT2D eigenvalue weighted by Crippen LogP contribution is 2.25. The van der Waals surface area contributed by atoms with Gasteiger partial charge in [-0.25, -0.2) is 0 Å². The van der Waals surface area contributed by atoms with Gasteiger partial charge in [-0.15, -0.1) is 12.4 Å². The van der Waals surface area contributed by atoms with E-state index in [2.05, 4.69) is 0 Å². The molecule has 3 rings (SSSR count). The maximum atomic E-state index is 13.1. The van der Waals surface area contributed by atoms with Crippen molar-refractivity contribution in [2.75, 3.05) is 19.6 Å². The Morgan fingerprint density at radius 2 is 2.04 bits per heavy atom. The van der Waals surface area contributed by atoms with Crippen LogP contribution in [0.5, 0.6) is 0 Å². The molecular weight excluding hydrogens is 342 g/mol. The van der Waals surface area contributed by atoms with E-state index in [1.54, 1.807) is 17.0 Å². The number of halogens is 1. The number of amides is 2. The Balaban J connectivity index is 0.00000225. The maximum Gasteiger partial charge on any atom is 0.290 e. The van der Waals surface area contributed by atoms with Gasteiger partial charge in [-0.1, -0.05) is 0 Å². The molecular formula is C18H28ClN3O3. The second-order valence-corrected chi connectivity index (χ2v) is 7.03. The number of nitrogens with zero attached hydrogens (tertiary/aromatic N) is 2. The van der Waals surface area contributed by atoms with Crippen molar-refractivity contribution in [2.45, 2.75) is 51.1 Å². The molecule has 2 amide bonds. The van der Waals surface area contributed by atoms with Crippen LogP contribution in [0.15, 0.2) is 22.8 Å². The fraction of sp³-hybridized carbons (Fsp3) is 0.667. The molecule has 2 aliphatic rings. The number of hydrogen-bond acceptors (Lipinski definition) is 4. The lowest BCUT2D eigenvalue weighted by Crippen LogP contribution is -2.55. The molecule has 0 bridgehead atoms. The summed E-state index contributed by atoms with van der Waals surface area (Å²) in [5, 5.41) is 0. The third kappa shape index (κ3) is 4.36. The number of carbonyl (C=O) groups is 2. The second kappa shape index (κ2) is 8.72. The molecule has 0 aromatic carbocycles. The van der Waals surface area contributed by atoms with Crippen LogP contribution in [0.1, 0.15) is 49.6 Å². The van der Waals surface area contributed by atoms with Gasteiger partial charge in [0.05, 0.1) is 6.26 Å². The van der Waals surface area contributed by atoms with E-state index in [1.165, 1.54) is 6.26 Å². The number of nitrogens with two attached hydrogens (primary N) is 1. The first-order chi connectivity index (χ1) is 11.6. The number of hydrogen-bond donors (Lipinski definition) is 1. The molecule has 0 saturated carbocycles. The van der Waals surface area contributed by atoms with Crippen LogP contribution < -0.4 is 5.73 Å². The minimum atomic E-state index is -0.372. The molecule has 2 N–H and O–H groups in total. The fourth-order valence-corrected chi connectivity index (χ4v) is 3.82. The Labute approximate surface area is 155 Å². The normalized spacial score (nSPS) is 25.2. The zero-order valence-electron chi connectivity index (χ0n) is 14.7. The third-order valence-corrected chi connectivity index (χ3v) is 5.29. The van der Waals surface area contributed by atoms with Crippen LogP contribution in [0.4, 0.5) is 0 Å². The molecule has 7 heteroatoms. The average Bonchev–Trinajstić information content (AvgIpc) is 3.15. The summed E-state index contributed by atoms with van der Waals surface area (Å²) in [6, 6.07) is 3.08. The van der Waals surface area contributed by atoms with E-state index in [0.717, 1.165) is 38.6 Å². The number of rotatable bonds is 3. The molecule has 6 nitrogen and oxygen atoms in total. The monoisotopic (exact) mass is 369 g/mol. The van der Waals surface area contributed by atoms with Gasteiger partial charge >= 0.3 is 0 Å². The predicted molar refractivity (Wildman–Crippen MR) is 97.6 cm³/mol. The third-order valence-electron chi connectivity index (χ3n) is 5.29. The van der Waals surface area contributed by atoms with Crippen molar-refractivity contribution in [2.24, 2.45) is 11.7 Å². The topological polar surface area (TPSA) is 79.8 Å². The van der Waals surface area contributed by atoms with Gasteiger partial charge in [0.15, 0.2) is 5.76 Å². The van der Waals surface area contributed by atoms with Crippen LogP contribution in [-0.2, 0) is 4.79 Å². The van der Waals surface area contributed by atoms with Crippen molar-refractivity contribution in [1.29, 1.82) is 0 Å². The molecule has 140 valence electrons. The van der Waals surface area contributed by atoms with Crippen molar-refractivity contribution in [1.82, 2.24) is 9.80 Å². The Morgan fingerprint density at radius 1 is 1.24 bits per heavy atom. The van der Waals surface area contributed by atoms with Gasteiger partial charge in [0, 0.05) is 25.7 Å². The number of furan rings is 1. The molecule has 3 unspecified atom stereocenters. The fourth-order valence-electron chi connectivity index (χ4n) is 3.82. The van der Waals surface area contributed by atoms with E-state index in [-0.39, 0.29) is 36.3 Å². The summed E-state index contributed by atoms with van der Waals surface area (Å²) in [7, 11) is 0. The Bertz CT molecular complexity index is 576. The highest BCUT2D eigenvalue weighted by molar-refractivity contribution is 5.95. The Morgan fingerprint density at radius 3 is 2.72 bits per heavy atom. The Hall–Kier alpha value is -1.53. The zero-order chi connectivity index (χ0) is 17.1. The molecule has 0 radical (unpaired) electrons. The van der Waals surface area contributed by atoms with Crippen LogP contribution in [0.3, 0.4) is 0 Å².